The van der Waals surface area contributed by atoms with E-state index in [0.29, 0.717) is 36.2 Å². The summed E-state index contributed by atoms with van der Waals surface area (Å²) >= 11 is 3.60. The summed E-state index contributed by atoms with van der Waals surface area (Å²) in [5.74, 6) is -0.618. The van der Waals surface area contributed by atoms with Gasteiger partial charge in [-0.05, 0) is 67.5 Å². The number of hydrogen-bond acceptors (Lipinski definition) is 6. The highest BCUT2D eigenvalue weighted by atomic mass is 79.9. The number of halogens is 2. The van der Waals surface area contributed by atoms with E-state index in [-0.39, 0.29) is 24.6 Å². The van der Waals surface area contributed by atoms with E-state index in [0.717, 1.165) is 26.8 Å². The van der Waals surface area contributed by atoms with E-state index in [1.807, 2.05) is 67.6 Å². The molecule has 47 heavy (non-hydrogen) atoms. The van der Waals surface area contributed by atoms with Gasteiger partial charge < -0.3 is 18.9 Å². The molecule has 4 heterocycles. The van der Waals surface area contributed by atoms with Gasteiger partial charge in [-0.25, -0.2) is 4.68 Å². The lowest BCUT2D eigenvalue weighted by Crippen LogP contribution is -2.45. The molecule has 4 atom stereocenters. The number of carbonyl (C=O) groups excluding carboxylic acids is 1. The molecule has 13 heteroatoms. The molecule has 2 aromatic heterocycles. The van der Waals surface area contributed by atoms with Gasteiger partial charge in [0.05, 0.1) is 40.6 Å². The summed E-state index contributed by atoms with van der Waals surface area (Å²) in [6.07, 6.45) is 2.15. The number of benzene rings is 3. The van der Waals surface area contributed by atoms with Crippen LogP contribution >= 0.6 is 15.9 Å². The van der Waals surface area contributed by atoms with Crippen molar-refractivity contribution in [3.05, 3.63) is 105 Å². The minimum atomic E-state index is -3.32. The maximum absolute atomic E-state index is 16.2. The Bertz CT molecular complexity index is 2020. The normalized spacial score (nSPS) is 22.6. The maximum atomic E-state index is 16.2. The zero-order valence-electron chi connectivity index (χ0n) is 26.4. The van der Waals surface area contributed by atoms with Crippen molar-refractivity contribution in [1.82, 2.24) is 24.8 Å². The van der Waals surface area contributed by atoms with Crippen molar-refractivity contribution < 1.29 is 18.7 Å². The summed E-state index contributed by atoms with van der Waals surface area (Å²) in [5.41, 5.74) is 2.57. The molecule has 1 saturated heterocycles. The van der Waals surface area contributed by atoms with E-state index in [4.69, 9.17) is 4.74 Å². The Morgan fingerprint density at radius 3 is 2.60 bits per heavy atom. The third-order valence-corrected chi connectivity index (χ3v) is 12.6. The topological polar surface area (TPSA) is 118 Å². The molecule has 2 N–H and O–H groups in total. The lowest BCUT2D eigenvalue weighted by molar-refractivity contribution is -0.146. The average molecular weight is 720 g/mol. The molecule has 10 nitrogen and oxygen atoms in total. The number of aromatic nitrogens is 5. The molecule has 7 rings (SSSR count). The van der Waals surface area contributed by atoms with Crippen molar-refractivity contribution in [2.24, 2.45) is 5.92 Å². The molecule has 0 radical (unpaired) electrons. The van der Waals surface area contributed by atoms with Crippen LogP contribution in [0.4, 0.5) is 9.80 Å². The fraction of sp³-hybridized carbons (Fsp3) is 0.353. The summed E-state index contributed by atoms with van der Waals surface area (Å²) in [6.45, 7) is 6.05. The van der Waals surface area contributed by atoms with Crippen molar-refractivity contribution in [1.29, 1.82) is 0 Å². The number of nitrogens with one attached hydrogen (secondary N) is 1. The number of H-pyrrole nitrogens is 1. The minimum absolute atomic E-state index is 0.0178. The molecular formula is C34H36BrFN6O4Si. The first kappa shape index (κ1) is 31.7. The lowest BCUT2D eigenvalue weighted by Gasteiger charge is -2.31. The monoisotopic (exact) mass is 718 g/mol. The van der Waals surface area contributed by atoms with E-state index in [1.54, 1.807) is 34.9 Å². The van der Waals surface area contributed by atoms with E-state index in [1.165, 1.54) is 4.68 Å². The van der Waals surface area contributed by atoms with Crippen LogP contribution in [-0.4, -0.2) is 56.9 Å². The number of aliphatic hydroxyl groups excluding tert-OH is 1. The number of nitrogens with zero attached hydrogens (tertiary/aromatic N) is 5. The fourth-order valence-corrected chi connectivity index (χ4v) is 10.5. The lowest BCUT2D eigenvalue weighted by atomic mass is 9.82. The first-order chi connectivity index (χ1) is 22.5. The minimum Gasteiger partial charge on any atom is -0.396 e. The molecule has 3 aromatic carbocycles. The second kappa shape index (κ2) is 12.0. The first-order valence-electron chi connectivity index (χ1n) is 15.8. The number of rotatable bonds is 9. The van der Waals surface area contributed by atoms with Crippen LogP contribution in [0.15, 0.2) is 82.2 Å². The van der Waals surface area contributed by atoms with Crippen molar-refractivity contribution in [3.8, 4) is 5.69 Å². The molecule has 1 spiro atoms. The molecule has 244 valence electrons. The molecule has 5 aromatic rings. The van der Waals surface area contributed by atoms with Gasteiger partial charge in [0.2, 0.25) is 8.41 Å². The average Bonchev–Trinajstić information content (AvgIpc) is 3.77. The molecule has 0 unspecified atom stereocenters. The van der Waals surface area contributed by atoms with Gasteiger partial charge in [0, 0.05) is 47.3 Å². The van der Waals surface area contributed by atoms with Crippen LogP contribution in [0, 0.1) is 5.92 Å². The molecule has 2 aliphatic rings. The van der Waals surface area contributed by atoms with E-state index >= 15 is 4.11 Å². The van der Waals surface area contributed by atoms with Crippen LogP contribution in [0.5, 0.6) is 0 Å². The number of aryl methyl sites for hydroxylation is 1. The number of ether oxygens (including phenoxy) is 1. The van der Waals surface area contributed by atoms with Crippen molar-refractivity contribution in [2.75, 3.05) is 11.5 Å². The van der Waals surface area contributed by atoms with Crippen molar-refractivity contribution in [2.45, 2.75) is 63.2 Å². The van der Waals surface area contributed by atoms with Crippen LogP contribution in [0.1, 0.15) is 30.2 Å². The largest absolute Gasteiger partial charge is 0.396 e. The first-order valence-corrected chi connectivity index (χ1v) is 19.5. The summed E-state index contributed by atoms with van der Waals surface area (Å²) in [5, 5.41) is 21.3. The summed E-state index contributed by atoms with van der Waals surface area (Å²) in [6, 6.07) is 20.7. The summed E-state index contributed by atoms with van der Waals surface area (Å²) < 4.78 is 27.1. The van der Waals surface area contributed by atoms with Crippen molar-refractivity contribution in [3.63, 3.8) is 0 Å². The van der Waals surface area contributed by atoms with Crippen LogP contribution in [0.25, 0.3) is 16.6 Å². The molecule has 0 aliphatic carbocycles. The van der Waals surface area contributed by atoms with E-state index in [9.17, 15) is 14.7 Å². The number of hydrogen-bond donors (Lipinski definition) is 2. The standard InChI is InChI=1S/C34H36BrFN6O4Si/c1-21-31(47(2,3)36)30(14-16-40-20-24(15-17-43)37-39-40)46-34(21)27-18-23(35)10-13-29(27)41(33(34)45)19-22-8-11-25(12-9-22)42-32(44)26-6-4-5-7-28(26)38-42/h4-13,18,20-21,30-31,38,43H,14-17,19H2,1-3H3/t21-,30+,31-,34+/m1/s1. The van der Waals surface area contributed by atoms with Gasteiger partial charge in [-0.15, -0.1) is 5.10 Å². The number of anilines is 1. The SMILES string of the molecule is C[C@@H]1[C@@H]([Si](C)(C)F)[C@H](CCn2cc(CCO)nn2)O[C@@]12C(=O)N(Cc1ccc(-n3[nH]c4ccccc4c3=O)cc1)c1ccc(Br)cc12. The van der Waals surface area contributed by atoms with E-state index in [2.05, 4.69) is 31.3 Å². The number of aromatic amines is 1. The van der Waals surface area contributed by atoms with Gasteiger partial charge in [-0.2, -0.15) is 0 Å². The molecule has 1 amide bonds. The Hall–Kier alpha value is -3.91. The Balaban J connectivity index is 1.19. The number of amides is 1. The molecule has 0 bridgehead atoms. The molecular weight excluding hydrogens is 683 g/mol. The highest BCUT2D eigenvalue weighted by molar-refractivity contribution is 9.10. The van der Waals surface area contributed by atoms with Crippen LogP contribution in [0.2, 0.25) is 18.6 Å². The summed E-state index contributed by atoms with van der Waals surface area (Å²) in [4.78, 5) is 29.4. The van der Waals surface area contributed by atoms with Gasteiger partial charge in [-0.1, -0.05) is 52.3 Å². The highest BCUT2D eigenvalue weighted by Crippen LogP contribution is 2.60. The number of fused-ring (bicyclic) bond motifs is 3. The van der Waals surface area contributed by atoms with Gasteiger partial charge in [0.15, 0.2) is 5.60 Å². The third kappa shape index (κ3) is 5.38. The highest BCUT2D eigenvalue weighted by Gasteiger charge is 2.66. The Kier molecular flexibility index (Phi) is 8.06. The van der Waals surface area contributed by atoms with Crippen LogP contribution in [-0.2, 0) is 34.6 Å². The Morgan fingerprint density at radius 2 is 1.87 bits per heavy atom. The zero-order valence-corrected chi connectivity index (χ0v) is 28.9. The Morgan fingerprint density at radius 1 is 1.11 bits per heavy atom. The second-order valence-corrected chi connectivity index (χ2v) is 17.7. The molecule has 0 saturated carbocycles. The maximum Gasteiger partial charge on any atom is 0.279 e. The second-order valence-electron chi connectivity index (χ2n) is 13.0. The van der Waals surface area contributed by atoms with Gasteiger partial charge in [0.1, 0.15) is 0 Å². The third-order valence-electron chi connectivity index (χ3n) is 9.65. The van der Waals surface area contributed by atoms with Gasteiger partial charge in [-0.3, -0.25) is 19.4 Å². The smallest absolute Gasteiger partial charge is 0.279 e. The van der Waals surface area contributed by atoms with Crippen LogP contribution in [0.3, 0.4) is 0 Å². The Labute approximate surface area is 280 Å². The summed E-state index contributed by atoms with van der Waals surface area (Å²) in [7, 11) is -3.32. The zero-order chi connectivity index (χ0) is 33.1. The van der Waals surface area contributed by atoms with E-state index < -0.39 is 31.6 Å². The predicted molar refractivity (Wildman–Crippen MR) is 183 cm³/mol. The van der Waals surface area contributed by atoms with Crippen molar-refractivity contribution >= 4 is 46.8 Å². The quantitative estimate of drug-likeness (QED) is 0.151. The number of carbonyl (C=O) groups is 1. The molecule has 2 aliphatic heterocycles. The number of aliphatic hydroxyl groups is 1. The van der Waals surface area contributed by atoms with Crippen LogP contribution < -0.4 is 10.5 Å². The molecule has 1 fully saturated rings. The predicted octanol–water partition coefficient (Wildman–Crippen LogP) is 5.62. The number of para-hydroxylation sites is 1. The van der Waals surface area contributed by atoms with Gasteiger partial charge in [0.25, 0.3) is 11.5 Å². The fourth-order valence-electron chi connectivity index (χ4n) is 7.56. The van der Waals surface area contributed by atoms with Gasteiger partial charge >= 0.3 is 0 Å².